The highest BCUT2D eigenvalue weighted by Gasteiger charge is 2.14. The zero-order valence-electron chi connectivity index (χ0n) is 12.8. The summed E-state index contributed by atoms with van der Waals surface area (Å²) in [5.74, 6) is 0.183. The number of benzene rings is 2. The summed E-state index contributed by atoms with van der Waals surface area (Å²) in [6, 6.07) is 13.7. The summed E-state index contributed by atoms with van der Waals surface area (Å²) in [5.41, 5.74) is 15.6. The third kappa shape index (κ3) is 3.44. The average Bonchev–Trinajstić information content (AvgIpc) is 2.56. The predicted molar refractivity (Wildman–Crippen MR) is 97.8 cm³/mol. The van der Waals surface area contributed by atoms with Crippen molar-refractivity contribution in [3.05, 3.63) is 72.1 Å². The van der Waals surface area contributed by atoms with E-state index >= 15 is 0 Å². The van der Waals surface area contributed by atoms with Gasteiger partial charge >= 0.3 is 0 Å². The molecule has 7 N–H and O–H groups in total. The lowest BCUT2D eigenvalue weighted by atomic mass is 10.0. The molecule has 3 rings (SSSR count). The van der Waals surface area contributed by atoms with Crippen LogP contribution in [0, 0.1) is 5.41 Å². The SMILES string of the molecule is N=C1C=C(N)C(=Nc2ccc(N)cc2)C=C1Nc1ccc(O)cc1. The first-order chi connectivity index (χ1) is 11.5. The number of phenols is 1. The van der Waals surface area contributed by atoms with E-state index < -0.39 is 0 Å². The molecule has 0 radical (unpaired) electrons. The quantitative estimate of drug-likeness (QED) is 0.339. The van der Waals surface area contributed by atoms with Gasteiger partial charge in [-0.05, 0) is 60.7 Å². The van der Waals surface area contributed by atoms with Crippen LogP contribution in [0.3, 0.4) is 0 Å². The Morgan fingerprint density at radius 3 is 2.25 bits per heavy atom. The van der Waals surface area contributed by atoms with Gasteiger partial charge in [0.2, 0.25) is 0 Å². The highest BCUT2D eigenvalue weighted by atomic mass is 16.3. The second kappa shape index (κ2) is 6.29. The van der Waals surface area contributed by atoms with Crippen LogP contribution < -0.4 is 16.8 Å². The molecule has 6 heteroatoms. The van der Waals surface area contributed by atoms with Crippen molar-refractivity contribution < 1.29 is 5.11 Å². The van der Waals surface area contributed by atoms with E-state index in [1.807, 2.05) is 0 Å². The van der Waals surface area contributed by atoms with Crippen LogP contribution >= 0.6 is 0 Å². The monoisotopic (exact) mass is 319 g/mol. The molecule has 120 valence electrons. The summed E-state index contributed by atoms with van der Waals surface area (Å²) in [7, 11) is 0. The van der Waals surface area contributed by atoms with Crippen LogP contribution in [0.15, 0.2) is 77.1 Å². The van der Waals surface area contributed by atoms with E-state index in [4.69, 9.17) is 16.9 Å². The van der Waals surface area contributed by atoms with Crippen LogP contribution in [0.1, 0.15) is 0 Å². The first kappa shape index (κ1) is 15.4. The molecule has 1 aliphatic rings. The lowest BCUT2D eigenvalue weighted by Crippen LogP contribution is -2.21. The Kier molecular flexibility index (Phi) is 4.03. The number of aromatic hydroxyl groups is 1. The van der Waals surface area contributed by atoms with Gasteiger partial charge in [-0.1, -0.05) is 0 Å². The predicted octanol–water partition coefficient (Wildman–Crippen LogP) is 2.92. The van der Waals surface area contributed by atoms with Crippen molar-refractivity contribution in [2.24, 2.45) is 10.7 Å². The summed E-state index contributed by atoms with van der Waals surface area (Å²) in [5, 5.41) is 20.5. The van der Waals surface area contributed by atoms with Crippen LogP contribution in [-0.4, -0.2) is 16.5 Å². The maximum absolute atomic E-state index is 9.34. The number of nitrogen functional groups attached to an aromatic ring is 1. The number of nitrogens with zero attached hydrogens (tertiary/aromatic N) is 1. The largest absolute Gasteiger partial charge is 0.508 e. The fraction of sp³-hybridized carbons (Fsp3) is 0. The molecule has 0 aromatic heterocycles. The number of anilines is 2. The second-order valence-electron chi connectivity index (χ2n) is 5.33. The van der Waals surface area contributed by atoms with Gasteiger partial charge in [-0.2, -0.15) is 0 Å². The Labute approximate surface area is 139 Å². The lowest BCUT2D eigenvalue weighted by Gasteiger charge is -2.16. The number of nitrogens with two attached hydrogens (primary N) is 2. The molecule has 0 spiro atoms. The number of nitrogens with one attached hydrogen (secondary N) is 2. The van der Waals surface area contributed by atoms with Crippen LogP contribution in [0.25, 0.3) is 0 Å². The Morgan fingerprint density at radius 1 is 0.917 bits per heavy atom. The van der Waals surface area contributed by atoms with Gasteiger partial charge in [0.25, 0.3) is 0 Å². The molecular weight excluding hydrogens is 302 g/mol. The van der Waals surface area contributed by atoms with E-state index in [0.717, 1.165) is 11.4 Å². The lowest BCUT2D eigenvalue weighted by molar-refractivity contribution is 0.475. The van der Waals surface area contributed by atoms with Gasteiger partial charge in [-0.15, -0.1) is 0 Å². The number of aliphatic imine (C=N–C) groups is 1. The number of rotatable bonds is 3. The molecule has 0 saturated heterocycles. The van der Waals surface area contributed by atoms with Gasteiger partial charge in [0.1, 0.15) is 5.75 Å². The molecular formula is C18H17N5O. The molecule has 0 heterocycles. The highest BCUT2D eigenvalue weighted by Crippen LogP contribution is 2.20. The van der Waals surface area contributed by atoms with E-state index in [0.29, 0.717) is 22.8 Å². The normalized spacial score (nSPS) is 15.8. The van der Waals surface area contributed by atoms with Gasteiger partial charge in [0, 0.05) is 11.4 Å². The molecule has 2 aromatic carbocycles. The van der Waals surface area contributed by atoms with Crippen molar-refractivity contribution in [2.75, 3.05) is 11.1 Å². The topological polar surface area (TPSA) is 121 Å². The molecule has 0 unspecified atom stereocenters. The number of allylic oxidation sites excluding steroid dienone is 2. The first-order valence-electron chi connectivity index (χ1n) is 7.30. The zero-order valence-corrected chi connectivity index (χ0v) is 12.8. The molecule has 0 fully saturated rings. The maximum Gasteiger partial charge on any atom is 0.115 e. The molecule has 0 saturated carbocycles. The van der Waals surface area contributed by atoms with Gasteiger partial charge < -0.3 is 21.9 Å². The third-order valence-corrected chi connectivity index (χ3v) is 3.46. The molecule has 2 aromatic rings. The van der Waals surface area contributed by atoms with E-state index in [1.54, 1.807) is 60.7 Å². The number of hydrogen-bond acceptors (Lipinski definition) is 6. The van der Waals surface area contributed by atoms with Crippen molar-refractivity contribution >= 4 is 28.5 Å². The molecule has 0 aliphatic heterocycles. The molecule has 0 atom stereocenters. The average molecular weight is 319 g/mol. The minimum atomic E-state index is 0.183. The first-order valence-corrected chi connectivity index (χ1v) is 7.30. The van der Waals surface area contributed by atoms with Gasteiger partial charge in [-0.3, -0.25) is 5.41 Å². The van der Waals surface area contributed by atoms with Crippen molar-refractivity contribution in [3.63, 3.8) is 0 Å². The van der Waals surface area contributed by atoms with Crippen LogP contribution in [0.4, 0.5) is 17.1 Å². The summed E-state index contributed by atoms with van der Waals surface area (Å²) < 4.78 is 0. The van der Waals surface area contributed by atoms with Crippen molar-refractivity contribution in [1.82, 2.24) is 0 Å². The molecule has 0 bridgehead atoms. The third-order valence-electron chi connectivity index (χ3n) is 3.46. The van der Waals surface area contributed by atoms with E-state index in [1.165, 1.54) is 0 Å². The molecule has 6 nitrogen and oxygen atoms in total. The highest BCUT2D eigenvalue weighted by molar-refractivity contribution is 6.23. The van der Waals surface area contributed by atoms with Crippen molar-refractivity contribution in [1.29, 1.82) is 5.41 Å². The maximum atomic E-state index is 9.34. The fourth-order valence-corrected chi connectivity index (χ4v) is 2.19. The summed E-state index contributed by atoms with van der Waals surface area (Å²) >= 11 is 0. The van der Waals surface area contributed by atoms with Crippen LogP contribution in [0.5, 0.6) is 5.75 Å². The minimum Gasteiger partial charge on any atom is -0.508 e. The molecule has 1 aliphatic carbocycles. The Morgan fingerprint density at radius 2 is 1.58 bits per heavy atom. The standard InChI is InChI=1S/C18H17N5O/c19-11-1-3-12(4-2-11)22-17-10-18(16(21)9-15(17)20)23-13-5-7-14(24)8-6-13/h1-10,21,23-24H,19-20H2. The van der Waals surface area contributed by atoms with E-state index in [9.17, 15) is 5.11 Å². The van der Waals surface area contributed by atoms with E-state index in [2.05, 4.69) is 10.3 Å². The Bertz CT molecular complexity index is 861. The minimum absolute atomic E-state index is 0.183. The van der Waals surface area contributed by atoms with Crippen LogP contribution in [-0.2, 0) is 0 Å². The number of phenolic OH excluding ortho intramolecular Hbond substituents is 1. The van der Waals surface area contributed by atoms with Gasteiger partial charge in [-0.25, -0.2) is 4.99 Å². The number of hydrogen-bond donors (Lipinski definition) is 5. The van der Waals surface area contributed by atoms with E-state index in [-0.39, 0.29) is 11.5 Å². The molecule has 0 amide bonds. The summed E-state index contributed by atoms with van der Waals surface area (Å²) in [6.07, 6.45) is 3.28. The van der Waals surface area contributed by atoms with Gasteiger partial charge in [0.05, 0.1) is 28.5 Å². The summed E-state index contributed by atoms with van der Waals surface area (Å²) in [4.78, 5) is 4.50. The smallest absolute Gasteiger partial charge is 0.115 e. The Balaban J connectivity index is 1.90. The Hall–Kier alpha value is -3.54. The molecule has 24 heavy (non-hydrogen) atoms. The zero-order chi connectivity index (χ0) is 17.1. The van der Waals surface area contributed by atoms with Gasteiger partial charge in [0.15, 0.2) is 0 Å². The summed E-state index contributed by atoms with van der Waals surface area (Å²) in [6.45, 7) is 0. The van der Waals surface area contributed by atoms with Crippen molar-refractivity contribution in [2.45, 2.75) is 0 Å². The van der Waals surface area contributed by atoms with Crippen molar-refractivity contribution in [3.8, 4) is 5.75 Å². The van der Waals surface area contributed by atoms with Crippen LogP contribution in [0.2, 0.25) is 0 Å². The second-order valence-corrected chi connectivity index (χ2v) is 5.33. The fourth-order valence-electron chi connectivity index (χ4n) is 2.19.